The highest BCUT2D eigenvalue weighted by Gasteiger charge is 2.49. The molecule has 230 valence electrons. The van der Waals surface area contributed by atoms with Crippen molar-refractivity contribution < 1.29 is 17.9 Å². The number of nitrogen functional groups attached to an aromatic ring is 1. The monoisotopic (exact) mass is 622 g/mol. The third-order valence-corrected chi connectivity index (χ3v) is 10.9. The minimum atomic E-state index is -0.915. The van der Waals surface area contributed by atoms with Crippen molar-refractivity contribution in [2.24, 2.45) is 0 Å². The topological polar surface area (TPSA) is 116 Å². The van der Waals surface area contributed by atoms with Gasteiger partial charge in [0.2, 0.25) is 0 Å². The summed E-state index contributed by atoms with van der Waals surface area (Å²) in [6.45, 7) is 1.97. The van der Waals surface area contributed by atoms with Crippen molar-refractivity contribution >= 4 is 43.1 Å². The molecule has 4 aromatic rings. The molecule has 2 aliphatic heterocycles. The molecule has 9 nitrogen and oxygen atoms in total. The number of aromatic nitrogens is 3. The number of nitrogens with two attached hydrogens (primary N) is 1. The van der Waals surface area contributed by atoms with Crippen molar-refractivity contribution in [2.45, 2.75) is 55.8 Å². The molecule has 3 N–H and O–H groups in total. The Labute approximate surface area is 256 Å². The lowest BCUT2D eigenvalue weighted by Crippen LogP contribution is -2.54. The van der Waals surface area contributed by atoms with Gasteiger partial charge in [-0.3, -0.25) is 9.88 Å². The van der Waals surface area contributed by atoms with Gasteiger partial charge >= 0.3 is 6.01 Å². The van der Waals surface area contributed by atoms with E-state index in [4.69, 9.17) is 10.5 Å². The van der Waals surface area contributed by atoms with Gasteiger partial charge in [-0.15, -0.1) is 11.3 Å². The summed E-state index contributed by atoms with van der Waals surface area (Å²) in [5, 5.41) is 13.9. The average Bonchev–Trinajstić information content (AvgIpc) is 3.61. The van der Waals surface area contributed by atoms with Gasteiger partial charge in [0.05, 0.1) is 21.2 Å². The molecule has 44 heavy (non-hydrogen) atoms. The zero-order valence-electron chi connectivity index (χ0n) is 24.6. The summed E-state index contributed by atoms with van der Waals surface area (Å²) >= 11 is 0.937. The summed E-state index contributed by atoms with van der Waals surface area (Å²) in [5.41, 5.74) is 5.74. The molecule has 1 aromatic carbocycles. The normalized spacial score (nSPS) is 22.8. The lowest BCUT2D eigenvalue weighted by Gasteiger charge is -2.47. The molecule has 2 saturated heterocycles. The van der Waals surface area contributed by atoms with Gasteiger partial charge in [-0.2, -0.15) is 15.2 Å². The van der Waals surface area contributed by atoms with Crippen LogP contribution in [-0.4, -0.2) is 82.3 Å². The number of pyridine rings is 1. The second-order valence-corrected chi connectivity index (χ2v) is 13.5. The molecule has 0 amide bonds. The van der Waals surface area contributed by atoms with Gasteiger partial charge in [0.25, 0.3) is 0 Å². The van der Waals surface area contributed by atoms with Crippen molar-refractivity contribution in [3.8, 4) is 23.3 Å². The number of hydrogen-bond acceptors (Lipinski definition) is 10. The Bertz CT molecular complexity index is 1820. The number of benzene rings is 1. The van der Waals surface area contributed by atoms with Crippen molar-refractivity contribution in [3.05, 3.63) is 35.5 Å². The quantitative estimate of drug-likeness (QED) is 0.263. The van der Waals surface area contributed by atoms with Crippen LogP contribution in [0.5, 0.6) is 6.01 Å². The number of nitriles is 1. The fourth-order valence-corrected chi connectivity index (χ4v) is 8.13. The number of anilines is 2. The van der Waals surface area contributed by atoms with Crippen molar-refractivity contribution in [2.75, 3.05) is 51.4 Å². The second kappa shape index (κ2) is 10.7. The van der Waals surface area contributed by atoms with Gasteiger partial charge in [-0.25, -0.2) is 13.2 Å². The SMILES string of the molecule is CN(C)C1(CNc2nc(OCC34CCCN3C[C@H](F)C4)nc3c(F)c(-c4ccc(F)c5sc(N)c(C#N)c45)ncc23)CCC1. The van der Waals surface area contributed by atoms with E-state index in [0.717, 1.165) is 50.0 Å². The Balaban J connectivity index is 1.33. The van der Waals surface area contributed by atoms with Crippen LogP contribution in [0.3, 0.4) is 0 Å². The minimum Gasteiger partial charge on any atom is -0.461 e. The summed E-state index contributed by atoms with van der Waals surface area (Å²) < 4.78 is 52.0. The lowest BCUT2D eigenvalue weighted by molar-refractivity contribution is 0.0738. The molecule has 3 aliphatic rings. The Morgan fingerprint density at radius 3 is 2.77 bits per heavy atom. The van der Waals surface area contributed by atoms with Crippen LogP contribution in [0.1, 0.15) is 44.1 Å². The largest absolute Gasteiger partial charge is 0.461 e. The average molecular weight is 623 g/mol. The van der Waals surface area contributed by atoms with Crippen molar-refractivity contribution in [3.63, 3.8) is 0 Å². The predicted molar refractivity (Wildman–Crippen MR) is 165 cm³/mol. The second-order valence-electron chi connectivity index (χ2n) is 12.5. The maximum atomic E-state index is 16.6. The number of nitrogens with one attached hydrogen (secondary N) is 1. The number of ether oxygens (including phenoxy) is 1. The van der Waals surface area contributed by atoms with Crippen molar-refractivity contribution in [1.82, 2.24) is 24.8 Å². The van der Waals surface area contributed by atoms with Crippen LogP contribution in [-0.2, 0) is 0 Å². The van der Waals surface area contributed by atoms with Crippen LogP contribution in [0.2, 0.25) is 0 Å². The molecule has 1 saturated carbocycles. The fraction of sp³-hybridized carbons (Fsp3) is 0.484. The van der Waals surface area contributed by atoms with Crippen LogP contribution < -0.4 is 15.8 Å². The third kappa shape index (κ3) is 4.53. The number of thiophene rings is 1. The van der Waals surface area contributed by atoms with E-state index in [1.165, 1.54) is 18.3 Å². The van der Waals surface area contributed by atoms with Crippen LogP contribution in [0.15, 0.2) is 18.3 Å². The Morgan fingerprint density at radius 1 is 1.23 bits per heavy atom. The van der Waals surface area contributed by atoms with Gasteiger partial charge < -0.3 is 20.7 Å². The maximum Gasteiger partial charge on any atom is 0.319 e. The smallest absolute Gasteiger partial charge is 0.319 e. The van der Waals surface area contributed by atoms with E-state index in [-0.39, 0.29) is 55.6 Å². The first kappa shape index (κ1) is 29.0. The third-order valence-electron chi connectivity index (χ3n) is 9.90. The summed E-state index contributed by atoms with van der Waals surface area (Å²) in [4.78, 5) is 17.9. The molecule has 5 heterocycles. The van der Waals surface area contributed by atoms with Gasteiger partial charge in [0.15, 0.2) is 5.82 Å². The van der Waals surface area contributed by atoms with E-state index in [1.54, 1.807) is 0 Å². The highest BCUT2D eigenvalue weighted by molar-refractivity contribution is 7.23. The first-order valence-electron chi connectivity index (χ1n) is 14.9. The molecule has 1 unspecified atom stereocenters. The van der Waals surface area contributed by atoms with E-state index in [1.807, 2.05) is 20.2 Å². The van der Waals surface area contributed by atoms with Gasteiger partial charge in [0, 0.05) is 42.2 Å². The van der Waals surface area contributed by atoms with Crippen LogP contribution in [0.4, 0.5) is 24.0 Å². The van der Waals surface area contributed by atoms with E-state index in [0.29, 0.717) is 30.7 Å². The first-order valence-corrected chi connectivity index (χ1v) is 15.7. The zero-order valence-corrected chi connectivity index (χ0v) is 25.4. The number of hydrogen-bond donors (Lipinski definition) is 2. The fourth-order valence-electron chi connectivity index (χ4n) is 7.18. The molecule has 0 radical (unpaired) electrons. The van der Waals surface area contributed by atoms with Crippen LogP contribution in [0, 0.1) is 23.0 Å². The lowest BCUT2D eigenvalue weighted by atomic mass is 9.75. The van der Waals surface area contributed by atoms with E-state index >= 15 is 4.39 Å². The Kier molecular flexibility index (Phi) is 7.06. The Morgan fingerprint density at radius 2 is 2.05 bits per heavy atom. The molecule has 0 spiro atoms. The molecule has 3 aromatic heterocycles. The van der Waals surface area contributed by atoms with E-state index in [9.17, 15) is 14.0 Å². The summed E-state index contributed by atoms with van der Waals surface area (Å²) in [7, 11) is 4.09. The van der Waals surface area contributed by atoms with Crippen LogP contribution >= 0.6 is 11.3 Å². The summed E-state index contributed by atoms with van der Waals surface area (Å²) in [6, 6.07) is 4.62. The van der Waals surface area contributed by atoms with E-state index < -0.39 is 23.3 Å². The van der Waals surface area contributed by atoms with Crippen molar-refractivity contribution in [1.29, 1.82) is 5.26 Å². The van der Waals surface area contributed by atoms with Gasteiger partial charge in [0.1, 0.15) is 46.7 Å². The number of fused-ring (bicyclic) bond motifs is 3. The van der Waals surface area contributed by atoms with Gasteiger partial charge in [-0.1, -0.05) is 0 Å². The molecule has 1 aliphatic carbocycles. The molecule has 7 rings (SSSR count). The number of halogens is 3. The molecule has 2 atom stereocenters. The van der Waals surface area contributed by atoms with E-state index in [2.05, 4.69) is 30.1 Å². The van der Waals surface area contributed by atoms with Crippen LogP contribution in [0.25, 0.3) is 32.2 Å². The molecular formula is C31H33F3N8OS. The molecular weight excluding hydrogens is 589 g/mol. The number of alkyl halides is 1. The Hall–Kier alpha value is -3.73. The molecule has 0 bridgehead atoms. The summed E-state index contributed by atoms with van der Waals surface area (Å²) in [5.74, 6) is -0.926. The highest BCUT2D eigenvalue weighted by atomic mass is 32.1. The maximum absolute atomic E-state index is 16.6. The van der Waals surface area contributed by atoms with Gasteiger partial charge in [-0.05, 0) is 64.9 Å². The summed E-state index contributed by atoms with van der Waals surface area (Å²) in [6.07, 6.45) is 5.88. The number of nitrogens with zero attached hydrogens (tertiary/aromatic N) is 6. The molecule has 13 heteroatoms. The standard InChI is InChI=1S/C31H33F3N8OS/c1-41(2)30(7-3-8-30)15-38-28-20-13-37-24(18-5-6-21(33)26-22(18)19(12-35)27(36)44-26)23(34)25(20)39-29(40-28)43-16-31-9-4-10-42(31)14-17(32)11-31/h5-6,13,17H,3-4,7-11,14-16,36H2,1-2H3,(H,38,39,40)/t17-,31?/m1/s1. The zero-order chi connectivity index (χ0) is 30.8. The number of rotatable bonds is 8. The first-order chi connectivity index (χ1) is 21.1. The predicted octanol–water partition coefficient (Wildman–Crippen LogP) is 5.49. The number of likely N-dealkylation sites (N-methyl/N-ethyl adjacent to an activating group) is 1. The molecule has 3 fully saturated rings. The minimum absolute atomic E-state index is 0.0196. The highest BCUT2D eigenvalue weighted by Crippen LogP contribution is 2.43.